The molecule has 0 heterocycles. The molecule has 0 aliphatic rings. The van der Waals surface area contributed by atoms with Gasteiger partial charge in [-0.3, -0.25) is 0 Å². The van der Waals surface area contributed by atoms with E-state index >= 15 is 0 Å². The Hall–Kier alpha value is -1.14. The molecule has 0 bridgehead atoms. The number of hydrogen-bond donors (Lipinski definition) is 3. The topological polar surface area (TPSA) is 89.3 Å². The van der Waals surface area contributed by atoms with E-state index in [4.69, 9.17) is 28.8 Å². The summed E-state index contributed by atoms with van der Waals surface area (Å²) in [5, 5.41) is 8.81. The molecule has 0 saturated carbocycles. The van der Waals surface area contributed by atoms with Crippen LogP contribution in [0.15, 0.2) is 16.6 Å². The van der Waals surface area contributed by atoms with Gasteiger partial charge in [-0.1, -0.05) is 28.1 Å². The summed E-state index contributed by atoms with van der Waals surface area (Å²) < 4.78 is 0.576. The minimum Gasteiger partial charge on any atom is -0.478 e. The van der Waals surface area contributed by atoms with Crippen LogP contribution in [0.1, 0.15) is 15.9 Å². The zero-order chi connectivity index (χ0) is 10.9. The van der Waals surface area contributed by atoms with Gasteiger partial charge in [0.2, 0.25) is 0 Å². The zero-order valence-corrected chi connectivity index (χ0v) is 9.35. The van der Waals surface area contributed by atoms with Crippen molar-refractivity contribution in [3.05, 3.63) is 27.7 Å². The molecule has 4 nitrogen and oxygen atoms in total. The Morgan fingerprint density at radius 3 is 2.36 bits per heavy atom. The van der Waals surface area contributed by atoms with E-state index in [0.717, 1.165) is 0 Å². The Morgan fingerprint density at radius 2 is 1.93 bits per heavy atom. The highest BCUT2D eigenvalue weighted by Crippen LogP contribution is 2.23. The third kappa shape index (κ3) is 2.02. The Morgan fingerprint density at radius 1 is 1.43 bits per heavy atom. The van der Waals surface area contributed by atoms with E-state index in [2.05, 4.69) is 15.9 Å². The van der Waals surface area contributed by atoms with E-state index in [1.807, 2.05) is 0 Å². The van der Waals surface area contributed by atoms with E-state index in [1.54, 1.807) is 6.07 Å². The number of nitrogen functional groups attached to an aromatic ring is 1. The van der Waals surface area contributed by atoms with Gasteiger partial charge >= 0.3 is 5.97 Å². The number of carboxylic acids is 1. The van der Waals surface area contributed by atoms with Crippen LogP contribution in [-0.4, -0.2) is 16.1 Å². The molecule has 74 valence electrons. The maximum atomic E-state index is 10.8. The molecular weight excluding hydrogens is 268 g/mol. The summed E-state index contributed by atoms with van der Waals surface area (Å²) >= 11 is 7.89. The van der Waals surface area contributed by atoms with Crippen molar-refractivity contribution in [2.75, 3.05) is 5.73 Å². The smallest absolute Gasteiger partial charge is 0.337 e. The Kier molecular flexibility index (Phi) is 3.07. The molecule has 0 aliphatic heterocycles. The number of nitrogens with two attached hydrogens (primary N) is 2. The molecule has 0 aromatic heterocycles. The Labute approximate surface area is 94.0 Å². The molecule has 0 atom stereocenters. The van der Waals surface area contributed by atoms with E-state index < -0.39 is 5.97 Å². The predicted molar refractivity (Wildman–Crippen MR) is 61.4 cm³/mol. The highest BCUT2D eigenvalue weighted by atomic mass is 79.9. The first kappa shape index (κ1) is 10.9. The van der Waals surface area contributed by atoms with Gasteiger partial charge in [-0.25, -0.2) is 4.79 Å². The molecule has 0 radical (unpaired) electrons. The van der Waals surface area contributed by atoms with Gasteiger partial charge < -0.3 is 16.6 Å². The van der Waals surface area contributed by atoms with Gasteiger partial charge in [0, 0.05) is 10.0 Å². The van der Waals surface area contributed by atoms with Crippen molar-refractivity contribution in [3.8, 4) is 0 Å². The summed E-state index contributed by atoms with van der Waals surface area (Å²) in [5.74, 6) is -1.11. The molecule has 1 rings (SSSR count). The minimum absolute atomic E-state index is 0.0119. The van der Waals surface area contributed by atoms with E-state index in [1.165, 1.54) is 6.07 Å². The van der Waals surface area contributed by atoms with Crippen molar-refractivity contribution in [3.63, 3.8) is 0 Å². The van der Waals surface area contributed by atoms with Crippen LogP contribution in [0.25, 0.3) is 0 Å². The summed E-state index contributed by atoms with van der Waals surface area (Å²) in [5.41, 5.74) is 11.4. The number of carboxylic acid groups (broad SMARTS) is 1. The van der Waals surface area contributed by atoms with E-state index in [-0.39, 0.29) is 16.2 Å². The zero-order valence-electron chi connectivity index (χ0n) is 6.95. The van der Waals surface area contributed by atoms with Crippen molar-refractivity contribution in [2.45, 2.75) is 0 Å². The number of anilines is 1. The third-order valence-corrected chi connectivity index (χ3v) is 2.32. The lowest BCUT2D eigenvalue weighted by Crippen LogP contribution is -2.15. The van der Waals surface area contributed by atoms with E-state index in [9.17, 15) is 4.79 Å². The first-order valence-electron chi connectivity index (χ1n) is 3.55. The van der Waals surface area contributed by atoms with Gasteiger partial charge in [0.05, 0.1) is 11.3 Å². The lowest BCUT2D eigenvalue weighted by atomic mass is 10.1. The average Bonchev–Trinajstić information content (AvgIpc) is 2.07. The SMILES string of the molecule is NC(=S)c1cc(Br)cc(C(=O)O)c1N. The van der Waals surface area contributed by atoms with Crippen LogP contribution in [0.5, 0.6) is 0 Å². The molecule has 1 aromatic rings. The molecule has 0 aliphatic carbocycles. The maximum absolute atomic E-state index is 10.8. The normalized spacial score (nSPS) is 9.79. The van der Waals surface area contributed by atoms with E-state index in [0.29, 0.717) is 10.0 Å². The fourth-order valence-electron chi connectivity index (χ4n) is 0.999. The van der Waals surface area contributed by atoms with Crippen LogP contribution in [0, 0.1) is 0 Å². The Bertz CT molecular complexity index is 385. The van der Waals surface area contributed by atoms with Crippen LogP contribution in [0.2, 0.25) is 0 Å². The quantitative estimate of drug-likeness (QED) is 0.560. The van der Waals surface area contributed by atoms with Gasteiger partial charge in [-0.05, 0) is 12.1 Å². The van der Waals surface area contributed by atoms with Crippen molar-refractivity contribution in [1.82, 2.24) is 0 Å². The number of hydrogen-bond acceptors (Lipinski definition) is 3. The summed E-state index contributed by atoms with van der Waals surface area (Å²) in [4.78, 5) is 10.8. The maximum Gasteiger partial charge on any atom is 0.337 e. The Balaban J connectivity index is 3.47. The molecule has 0 amide bonds. The van der Waals surface area contributed by atoms with Gasteiger partial charge in [0.1, 0.15) is 4.99 Å². The summed E-state index contributed by atoms with van der Waals surface area (Å²) in [7, 11) is 0. The second-order valence-corrected chi connectivity index (χ2v) is 3.94. The third-order valence-electron chi connectivity index (χ3n) is 1.64. The largest absolute Gasteiger partial charge is 0.478 e. The second-order valence-electron chi connectivity index (χ2n) is 2.58. The van der Waals surface area contributed by atoms with Crippen molar-refractivity contribution in [1.29, 1.82) is 0 Å². The number of halogens is 1. The first-order chi connectivity index (χ1) is 6.43. The molecule has 0 fully saturated rings. The van der Waals surface area contributed by atoms with Gasteiger partial charge in [-0.2, -0.15) is 0 Å². The molecule has 14 heavy (non-hydrogen) atoms. The van der Waals surface area contributed by atoms with Gasteiger partial charge in [0.15, 0.2) is 0 Å². The lowest BCUT2D eigenvalue weighted by molar-refractivity contribution is 0.0698. The summed E-state index contributed by atoms with van der Waals surface area (Å²) in [6, 6.07) is 2.99. The molecule has 0 saturated heterocycles. The molecular formula is C8H7BrN2O2S. The monoisotopic (exact) mass is 274 g/mol. The number of thiocarbonyl (C=S) groups is 1. The van der Waals surface area contributed by atoms with Crippen molar-refractivity contribution < 1.29 is 9.90 Å². The van der Waals surface area contributed by atoms with Crippen LogP contribution in [-0.2, 0) is 0 Å². The summed E-state index contributed by atoms with van der Waals surface area (Å²) in [6.45, 7) is 0. The highest BCUT2D eigenvalue weighted by Gasteiger charge is 2.14. The average molecular weight is 275 g/mol. The standard InChI is InChI=1S/C8H7BrN2O2S/c9-3-1-4(7(11)14)6(10)5(2-3)8(12)13/h1-2H,10H2,(H2,11,14)(H,12,13). The minimum atomic E-state index is -1.11. The van der Waals surface area contributed by atoms with Crippen LogP contribution >= 0.6 is 28.1 Å². The first-order valence-corrected chi connectivity index (χ1v) is 4.75. The number of carbonyl (C=O) groups is 1. The number of rotatable bonds is 2. The fraction of sp³-hybridized carbons (Fsp3) is 0. The highest BCUT2D eigenvalue weighted by molar-refractivity contribution is 9.10. The van der Waals surface area contributed by atoms with Gasteiger partial charge in [0.25, 0.3) is 0 Å². The molecule has 6 heteroatoms. The predicted octanol–water partition coefficient (Wildman–Crippen LogP) is 1.36. The van der Waals surface area contributed by atoms with Gasteiger partial charge in [-0.15, -0.1) is 0 Å². The lowest BCUT2D eigenvalue weighted by Gasteiger charge is -2.07. The molecule has 1 aromatic carbocycles. The van der Waals surface area contributed by atoms with Crippen molar-refractivity contribution in [2.24, 2.45) is 5.73 Å². The van der Waals surface area contributed by atoms with Crippen LogP contribution in [0.4, 0.5) is 5.69 Å². The second kappa shape index (κ2) is 3.93. The number of aromatic carboxylic acids is 1. The van der Waals surface area contributed by atoms with Crippen LogP contribution < -0.4 is 11.5 Å². The molecule has 5 N–H and O–H groups in total. The summed E-state index contributed by atoms with van der Waals surface area (Å²) in [6.07, 6.45) is 0. The molecule has 0 spiro atoms. The number of benzene rings is 1. The fourth-order valence-corrected chi connectivity index (χ4v) is 1.63. The molecule has 0 unspecified atom stereocenters. The van der Waals surface area contributed by atoms with Crippen LogP contribution in [0.3, 0.4) is 0 Å². The van der Waals surface area contributed by atoms with Crippen molar-refractivity contribution >= 4 is 44.8 Å².